The summed E-state index contributed by atoms with van der Waals surface area (Å²) in [6.07, 6.45) is 0.874. The molecule has 0 aliphatic carbocycles. The molecular weight excluding hydrogens is 270 g/mol. The fourth-order valence-electron chi connectivity index (χ4n) is 2.52. The monoisotopic (exact) mass is 293 g/mol. The van der Waals surface area contributed by atoms with Crippen molar-refractivity contribution in [1.82, 2.24) is 5.32 Å². The average Bonchev–Trinajstić information content (AvgIpc) is 2.43. The Bertz CT molecular complexity index is 517. The molecule has 0 bridgehead atoms. The fraction of sp³-hybridized carbons (Fsp3) is 0.600. The number of nitrogens with one attached hydrogen (secondary N) is 1. The zero-order valence-electron chi connectivity index (χ0n) is 12.9. The van der Waals surface area contributed by atoms with Gasteiger partial charge in [-0.05, 0) is 20.3 Å². The number of nitro benzene ring substituents is 1. The van der Waals surface area contributed by atoms with E-state index in [2.05, 4.69) is 24.1 Å². The number of piperazine rings is 1. The second-order valence-corrected chi connectivity index (χ2v) is 6.02. The van der Waals surface area contributed by atoms with Crippen molar-refractivity contribution in [2.45, 2.75) is 32.7 Å². The summed E-state index contributed by atoms with van der Waals surface area (Å²) < 4.78 is 5.58. The van der Waals surface area contributed by atoms with Crippen LogP contribution in [0, 0.1) is 10.1 Å². The lowest BCUT2D eigenvalue weighted by atomic mass is 10.0. The lowest BCUT2D eigenvalue weighted by Gasteiger charge is -2.40. The normalized spacial score (nSPS) is 17.6. The van der Waals surface area contributed by atoms with Crippen molar-refractivity contribution in [2.24, 2.45) is 0 Å². The number of nitro groups is 1. The summed E-state index contributed by atoms with van der Waals surface area (Å²) in [7, 11) is 0. The van der Waals surface area contributed by atoms with Gasteiger partial charge < -0.3 is 15.0 Å². The Morgan fingerprint density at radius 3 is 2.81 bits per heavy atom. The molecule has 0 radical (unpaired) electrons. The van der Waals surface area contributed by atoms with Crippen molar-refractivity contribution in [1.29, 1.82) is 0 Å². The topological polar surface area (TPSA) is 67.6 Å². The third-order valence-corrected chi connectivity index (χ3v) is 3.50. The molecular formula is C15H23N3O3. The Morgan fingerprint density at radius 2 is 2.19 bits per heavy atom. The van der Waals surface area contributed by atoms with Crippen LogP contribution in [0.25, 0.3) is 0 Å². The Hall–Kier alpha value is -1.82. The molecule has 0 aromatic heterocycles. The Balaban J connectivity index is 2.28. The number of non-ortho nitro benzene ring substituents is 1. The van der Waals surface area contributed by atoms with Gasteiger partial charge in [-0.2, -0.15) is 0 Å². The number of anilines is 1. The van der Waals surface area contributed by atoms with E-state index in [0.717, 1.165) is 31.7 Å². The van der Waals surface area contributed by atoms with E-state index in [1.165, 1.54) is 6.07 Å². The lowest BCUT2D eigenvalue weighted by molar-refractivity contribution is -0.384. The van der Waals surface area contributed by atoms with Crippen LogP contribution in [0.2, 0.25) is 0 Å². The van der Waals surface area contributed by atoms with Crippen molar-refractivity contribution in [3.05, 3.63) is 28.3 Å². The van der Waals surface area contributed by atoms with Crippen LogP contribution in [-0.2, 0) is 0 Å². The van der Waals surface area contributed by atoms with Crippen molar-refractivity contribution in [3.63, 3.8) is 0 Å². The zero-order chi connectivity index (χ0) is 15.5. The van der Waals surface area contributed by atoms with Gasteiger partial charge in [-0.3, -0.25) is 10.1 Å². The van der Waals surface area contributed by atoms with Crippen LogP contribution >= 0.6 is 0 Å². The zero-order valence-corrected chi connectivity index (χ0v) is 12.9. The number of nitrogens with zero attached hydrogens (tertiary/aromatic N) is 2. The van der Waals surface area contributed by atoms with Crippen LogP contribution in [-0.4, -0.2) is 36.7 Å². The molecule has 21 heavy (non-hydrogen) atoms. The summed E-state index contributed by atoms with van der Waals surface area (Å²) in [5, 5.41) is 14.5. The van der Waals surface area contributed by atoms with Gasteiger partial charge in [0.2, 0.25) is 0 Å². The van der Waals surface area contributed by atoms with E-state index in [1.807, 2.05) is 13.0 Å². The molecule has 6 heteroatoms. The summed E-state index contributed by atoms with van der Waals surface area (Å²) in [4.78, 5) is 12.9. The molecule has 2 rings (SSSR count). The van der Waals surface area contributed by atoms with Gasteiger partial charge in [0.1, 0.15) is 5.75 Å². The SMILES string of the molecule is CCCOc1cc(N2CCNC(C)(C)C2)cc([N+](=O)[O-])c1. The molecule has 1 heterocycles. The first-order valence-corrected chi connectivity index (χ1v) is 7.33. The highest BCUT2D eigenvalue weighted by Crippen LogP contribution is 2.30. The van der Waals surface area contributed by atoms with Crippen molar-refractivity contribution < 1.29 is 9.66 Å². The molecule has 1 fully saturated rings. The van der Waals surface area contributed by atoms with Crippen molar-refractivity contribution in [3.8, 4) is 5.75 Å². The van der Waals surface area contributed by atoms with Crippen LogP contribution in [0.5, 0.6) is 5.75 Å². The maximum absolute atomic E-state index is 11.1. The quantitative estimate of drug-likeness (QED) is 0.667. The van der Waals surface area contributed by atoms with E-state index >= 15 is 0 Å². The van der Waals surface area contributed by atoms with E-state index in [0.29, 0.717) is 12.4 Å². The van der Waals surface area contributed by atoms with E-state index in [4.69, 9.17) is 4.74 Å². The molecule has 6 nitrogen and oxygen atoms in total. The predicted molar refractivity (Wildman–Crippen MR) is 83.2 cm³/mol. The highest BCUT2D eigenvalue weighted by Gasteiger charge is 2.27. The number of hydrogen-bond donors (Lipinski definition) is 1. The Kier molecular flexibility index (Phi) is 4.67. The van der Waals surface area contributed by atoms with Gasteiger partial charge in [0.25, 0.3) is 5.69 Å². The maximum Gasteiger partial charge on any atom is 0.275 e. The van der Waals surface area contributed by atoms with E-state index < -0.39 is 0 Å². The van der Waals surface area contributed by atoms with Crippen LogP contribution in [0.3, 0.4) is 0 Å². The van der Waals surface area contributed by atoms with Crippen LogP contribution in [0.4, 0.5) is 11.4 Å². The highest BCUT2D eigenvalue weighted by molar-refractivity contribution is 5.58. The summed E-state index contributed by atoms with van der Waals surface area (Å²) in [5.74, 6) is 0.567. The molecule has 1 aromatic rings. The summed E-state index contributed by atoms with van der Waals surface area (Å²) in [6.45, 7) is 9.33. The first-order valence-electron chi connectivity index (χ1n) is 7.33. The largest absolute Gasteiger partial charge is 0.493 e. The molecule has 1 aliphatic heterocycles. The second kappa shape index (κ2) is 6.30. The fourth-order valence-corrected chi connectivity index (χ4v) is 2.52. The Morgan fingerprint density at radius 1 is 1.43 bits per heavy atom. The lowest BCUT2D eigenvalue weighted by Crippen LogP contribution is -2.57. The maximum atomic E-state index is 11.1. The highest BCUT2D eigenvalue weighted by atomic mass is 16.6. The van der Waals surface area contributed by atoms with Gasteiger partial charge in [-0.25, -0.2) is 0 Å². The standard InChI is InChI=1S/C15H23N3O3/c1-4-7-21-14-9-12(8-13(10-14)18(19)20)17-6-5-16-15(2,3)11-17/h8-10,16H,4-7,11H2,1-3H3. The number of ether oxygens (including phenoxy) is 1. The van der Waals surface area contributed by atoms with Gasteiger partial charge in [0.15, 0.2) is 0 Å². The molecule has 0 atom stereocenters. The predicted octanol–water partition coefficient (Wildman–Crippen LogP) is 2.57. The molecule has 1 aromatic carbocycles. The summed E-state index contributed by atoms with van der Waals surface area (Å²) >= 11 is 0. The van der Waals surface area contributed by atoms with Crippen molar-refractivity contribution >= 4 is 11.4 Å². The molecule has 0 saturated carbocycles. The average molecular weight is 293 g/mol. The minimum absolute atomic E-state index is 0.00664. The molecule has 1 aliphatic rings. The van der Waals surface area contributed by atoms with Gasteiger partial charge in [-0.15, -0.1) is 0 Å². The van der Waals surface area contributed by atoms with Crippen LogP contribution in [0.1, 0.15) is 27.2 Å². The van der Waals surface area contributed by atoms with E-state index in [9.17, 15) is 10.1 Å². The number of benzene rings is 1. The first kappa shape index (κ1) is 15.6. The number of rotatable bonds is 5. The van der Waals surface area contributed by atoms with Gasteiger partial charge in [0.05, 0.1) is 17.6 Å². The van der Waals surface area contributed by atoms with Gasteiger partial charge >= 0.3 is 0 Å². The molecule has 1 saturated heterocycles. The smallest absolute Gasteiger partial charge is 0.275 e. The molecule has 0 amide bonds. The van der Waals surface area contributed by atoms with Crippen LogP contribution in [0.15, 0.2) is 18.2 Å². The molecule has 1 N–H and O–H groups in total. The van der Waals surface area contributed by atoms with Gasteiger partial charge in [-0.1, -0.05) is 6.92 Å². The van der Waals surface area contributed by atoms with Crippen LogP contribution < -0.4 is 15.0 Å². The minimum atomic E-state index is -0.365. The molecule has 0 unspecified atom stereocenters. The van der Waals surface area contributed by atoms with Crippen molar-refractivity contribution in [2.75, 3.05) is 31.1 Å². The van der Waals surface area contributed by atoms with Gasteiger partial charge in [0, 0.05) is 43.0 Å². The first-order chi connectivity index (χ1) is 9.91. The Labute approximate surface area is 125 Å². The minimum Gasteiger partial charge on any atom is -0.493 e. The summed E-state index contributed by atoms with van der Waals surface area (Å²) in [6, 6.07) is 5.01. The third kappa shape index (κ3) is 4.07. The van der Waals surface area contributed by atoms with E-state index in [-0.39, 0.29) is 16.1 Å². The van der Waals surface area contributed by atoms with E-state index in [1.54, 1.807) is 6.07 Å². The second-order valence-electron chi connectivity index (χ2n) is 6.02. The third-order valence-electron chi connectivity index (χ3n) is 3.50. The number of hydrogen-bond acceptors (Lipinski definition) is 5. The molecule has 0 spiro atoms. The summed E-state index contributed by atoms with van der Waals surface area (Å²) in [5.41, 5.74) is 0.924. The molecule has 116 valence electrons.